The maximum absolute atomic E-state index is 9.30. The minimum absolute atomic E-state index is 0. The van der Waals surface area contributed by atoms with Gasteiger partial charge in [0.2, 0.25) is 0 Å². The van der Waals surface area contributed by atoms with E-state index in [1.807, 2.05) is 24.3 Å². The Kier molecular flexibility index (Phi) is 8.79. The van der Waals surface area contributed by atoms with Crippen molar-refractivity contribution in [2.45, 2.75) is 19.3 Å². The SMILES string of the molecule is CC(C)(c1ccc(O)cc1)c1ccc(O)cc1.[Ac].[Ac]. The average Bonchev–Trinajstić information content (AvgIpc) is 2.30. The van der Waals surface area contributed by atoms with Crippen molar-refractivity contribution >= 4 is 0 Å². The number of hydrogen-bond acceptors (Lipinski definition) is 2. The van der Waals surface area contributed by atoms with Gasteiger partial charge in [0.25, 0.3) is 0 Å². The van der Waals surface area contributed by atoms with Gasteiger partial charge in [0.1, 0.15) is 11.5 Å². The van der Waals surface area contributed by atoms with Crippen LogP contribution in [0.1, 0.15) is 25.0 Å². The molecule has 0 atom stereocenters. The molecule has 4 heteroatoms. The molecule has 0 bridgehead atoms. The molecule has 0 aliphatic rings. The van der Waals surface area contributed by atoms with Crippen molar-refractivity contribution in [3.63, 3.8) is 0 Å². The molecule has 0 heterocycles. The van der Waals surface area contributed by atoms with E-state index >= 15 is 0 Å². The average molecular weight is 682 g/mol. The van der Waals surface area contributed by atoms with E-state index in [4.69, 9.17) is 0 Å². The zero-order chi connectivity index (χ0) is 12.5. The molecule has 0 aromatic heterocycles. The fourth-order valence-corrected chi connectivity index (χ4v) is 1.92. The van der Waals surface area contributed by atoms with Crippen LogP contribution in [0.4, 0.5) is 0 Å². The Morgan fingerprint density at radius 2 is 0.895 bits per heavy atom. The zero-order valence-electron chi connectivity index (χ0n) is 11.2. The second-order valence-corrected chi connectivity index (χ2v) is 4.72. The molecule has 94 valence electrons. The van der Waals surface area contributed by atoms with Crippen molar-refractivity contribution in [3.05, 3.63) is 59.7 Å². The summed E-state index contributed by atoms with van der Waals surface area (Å²) in [7, 11) is 0. The van der Waals surface area contributed by atoms with Crippen LogP contribution in [0.2, 0.25) is 0 Å². The number of phenols is 2. The fraction of sp³-hybridized carbons (Fsp3) is 0.200. The van der Waals surface area contributed by atoms with Crippen LogP contribution in [0.5, 0.6) is 11.5 Å². The first kappa shape index (κ1) is 19.9. The number of phenolic OH excluding ortho intramolecular Hbond substituents is 2. The van der Waals surface area contributed by atoms with Gasteiger partial charge >= 0.3 is 0 Å². The molecule has 2 rings (SSSR count). The van der Waals surface area contributed by atoms with Crippen molar-refractivity contribution in [3.8, 4) is 11.5 Å². The molecule has 0 amide bonds. The minimum atomic E-state index is -0.151. The quantitative estimate of drug-likeness (QED) is 0.511. The van der Waals surface area contributed by atoms with Gasteiger partial charge in [-0.2, -0.15) is 0 Å². The molecule has 0 unspecified atom stereocenters. The molecule has 0 saturated heterocycles. The molecular formula is C15H16Ac2O2. The predicted octanol–water partition coefficient (Wildman–Crippen LogP) is 3.42. The van der Waals surface area contributed by atoms with Gasteiger partial charge in [-0.25, -0.2) is 0 Å². The summed E-state index contributed by atoms with van der Waals surface area (Å²) in [4.78, 5) is 0. The van der Waals surface area contributed by atoms with Gasteiger partial charge in [-0.15, -0.1) is 0 Å². The molecule has 19 heavy (non-hydrogen) atoms. The van der Waals surface area contributed by atoms with Crippen LogP contribution < -0.4 is 0 Å². The monoisotopic (exact) mass is 682 g/mol. The van der Waals surface area contributed by atoms with E-state index in [0.717, 1.165) is 11.1 Å². The standard InChI is InChI=1S/C15H16O2.2Ac/c1-15(2,11-3-7-13(16)8-4-11)12-5-9-14(17)10-6-12;;/h3-10,16-17H,1-2H3;;. The maximum atomic E-state index is 9.30. The van der Waals surface area contributed by atoms with E-state index in [2.05, 4.69) is 13.8 Å². The molecule has 0 spiro atoms. The second kappa shape index (κ2) is 8.39. The summed E-state index contributed by atoms with van der Waals surface area (Å²) < 4.78 is 0. The molecule has 0 aliphatic heterocycles. The molecular weight excluding hydrogens is 666 g/mol. The summed E-state index contributed by atoms with van der Waals surface area (Å²) in [5.41, 5.74) is 2.10. The zero-order valence-corrected chi connectivity index (χ0v) is 20.7. The van der Waals surface area contributed by atoms with Crippen LogP contribution in [0.3, 0.4) is 0 Å². The largest absolute Gasteiger partial charge is 0.508 e. The Morgan fingerprint density at radius 1 is 0.632 bits per heavy atom. The Morgan fingerprint density at radius 3 is 1.16 bits per heavy atom. The van der Waals surface area contributed by atoms with Crippen LogP contribution in [0, 0.1) is 88.1 Å². The third-order valence-electron chi connectivity index (χ3n) is 3.18. The molecule has 2 aromatic carbocycles. The first-order valence-corrected chi connectivity index (χ1v) is 5.59. The molecule has 2 aromatic rings. The van der Waals surface area contributed by atoms with Gasteiger partial charge in [0.05, 0.1) is 0 Å². The smallest absolute Gasteiger partial charge is 0.115 e. The Labute approximate surface area is 185 Å². The molecule has 0 saturated carbocycles. The van der Waals surface area contributed by atoms with Gasteiger partial charge in [-0.3, -0.25) is 0 Å². The summed E-state index contributed by atoms with van der Waals surface area (Å²) in [6.07, 6.45) is 0. The first-order valence-electron chi connectivity index (χ1n) is 5.59. The summed E-state index contributed by atoms with van der Waals surface area (Å²) in [6, 6.07) is 14.4. The molecule has 0 fully saturated rings. The van der Waals surface area contributed by atoms with Crippen molar-refractivity contribution in [2.75, 3.05) is 0 Å². The minimum Gasteiger partial charge on any atom is -0.508 e. The Balaban J connectivity index is 0.00000162. The molecule has 0 aliphatic carbocycles. The third-order valence-corrected chi connectivity index (χ3v) is 3.18. The van der Waals surface area contributed by atoms with Gasteiger partial charge in [0, 0.05) is 93.5 Å². The third kappa shape index (κ3) is 5.00. The van der Waals surface area contributed by atoms with Crippen LogP contribution >= 0.6 is 0 Å². The van der Waals surface area contributed by atoms with Gasteiger partial charge in [-0.05, 0) is 35.4 Å². The van der Waals surface area contributed by atoms with Crippen molar-refractivity contribution < 1.29 is 98.3 Å². The van der Waals surface area contributed by atoms with E-state index in [0.29, 0.717) is 0 Å². The number of rotatable bonds is 2. The van der Waals surface area contributed by atoms with E-state index in [1.54, 1.807) is 24.3 Å². The maximum Gasteiger partial charge on any atom is 0.115 e. The summed E-state index contributed by atoms with van der Waals surface area (Å²) in [5.74, 6) is 0.547. The van der Waals surface area contributed by atoms with E-state index in [9.17, 15) is 10.2 Å². The normalized spacial score (nSPS) is 10.2. The van der Waals surface area contributed by atoms with E-state index < -0.39 is 0 Å². The van der Waals surface area contributed by atoms with Crippen LogP contribution in [0.25, 0.3) is 0 Å². The topological polar surface area (TPSA) is 40.5 Å². The number of aromatic hydroxyl groups is 2. The number of benzene rings is 2. The van der Waals surface area contributed by atoms with Gasteiger partial charge in [-0.1, -0.05) is 38.1 Å². The number of hydrogen-bond donors (Lipinski definition) is 2. The predicted molar refractivity (Wildman–Crippen MR) is 68.3 cm³/mol. The fourth-order valence-electron chi connectivity index (χ4n) is 1.92. The molecule has 2 nitrogen and oxygen atoms in total. The van der Waals surface area contributed by atoms with Crippen LogP contribution in [-0.4, -0.2) is 10.2 Å². The summed E-state index contributed by atoms with van der Waals surface area (Å²) in [6.45, 7) is 4.23. The van der Waals surface area contributed by atoms with Gasteiger partial charge < -0.3 is 10.2 Å². The second-order valence-electron chi connectivity index (χ2n) is 4.72. The van der Waals surface area contributed by atoms with Crippen LogP contribution in [0.15, 0.2) is 48.5 Å². The van der Waals surface area contributed by atoms with Crippen molar-refractivity contribution in [1.29, 1.82) is 0 Å². The van der Waals surface area contributed by atoms with Crippen LogP contribution in [-0.2, 0) is 5.41 Å². The Bertz CT molecular complexity index is 457. The summed E-state index contributed by atoms with van der Waals surface area (Å²) in [5, 5.41) is 18.6. The Hall–Kier alpha value is 0.923. The molecule has 2 N–H and O–H groups in total. The van der Waals surface area contributed by atoms with Crippen molar-refractivity contribution in [2.24, 2.45) is 0 Å². The first-order chi connectivity index (χ1) is 8.00. The van der Waals surface area contributed by atoms with E-state index in [-0.39, 0.29) is 105 Å². The molecule has 2 radical (unpaired) electrons. The van der Waals surface area contributed by atoms with Gasteiger partial charge in [0.15, 0.2) is 0 Å². The van der Waals surface area contributed by atoms with Crippen molar-refractivity contribution in [1.82, 2.24) is 0 Å². The summed E-state index contributed by atoms with van der Waals surface area (Å²) >= 11 is 0. The van der Waals surface area contributed by atoms with E-state index in [1.165, 1.54) is 0 Å².